The molecule has 1 aromatic carbocycles. The topological polar surface area (TPSA) is 61.6 Å². The van der Waals surface area contributed by atoms with Gasteiger partial charge in [0.1, 0.15) is 11.5 Å². The second kappa shape index (κ2) is 5.36. The Labute approximate surface area is 116 Å². The Morgan fingerprint density at radius 3 is 3.10 bits per heavy atom. The van der Waals surface area contributed by atoms with Gasteiger partial charge in [-0.1, -0.05) is 18.2 Å². The second-order valence-electron chi connectivity index (χ2n) is 4.73. The Balaban J connectivity index is 1.68. The molecule has 2 heterocycles. The summed E-state index contributed by atoms with van der Waals surface area (Å²) in [4.78, 5) is 15.8. The van der Waals surface area contributed by atoms with Crippen molar-refractivity contribution in [2.24, 2.45) is 0 Å². The van der Waals surface area contributed by atoms with Crippen LogP contribution in [0.3, 0.4) is 0 Å². The largest absolute Gasteiger partial charge is 0.493 e. The van der Waals surface area contributed by atoms with Gasteiger partial charge in [0, 0.05) is 11.5 Å². The smallest absolute Gasteiger partial charge is 0.360 e. The lowest BCUT2D eigenvalue weighted by atomic mass is 9.94. The molecule has 3 rings (SSSR count). The predicted octanol–water partition coefficient (Wildman–Crippen LogP) is 2.71. The van der Waals surface area contributed by atoms with Crippen LogP contribution < -0.4 is 4.74 Å². The van der Waals surface area contributed by atoms with Crippen LogP contribution in [0.25, 0.3) is 0 Å². The Morgan fingerprint density at radius 1 is 1.45 bits per heavy atom. The van der Waals surface area contributed by atoms with Crippen molar-refractivity contribution in [3.8, 4) is 5.75 Å². The number of hydrogen-bond donors (Lipinski definition) is 0. The molecule has 104 valence electrons. The van der Waals surface area contributed by atoms with Crippen molar-refractivity contribution >= 4 is 5.97 Å². The molecule has 0 fully saturated rings. The van der Waals surface area contributed by atoms with Crippen LogP contribution in [0.2, 0.25) is 0 Å². The molecular weight excluding hydrogens is 258 g/mol. The van der Waals surface area contributed by atoms with Crippen molar-refractivity contribution in [2.45, 2.75) is 19.3 Å². The highest BCUT2D eigenvalue weighted by atomic mass is 16.5. The van der Waals surface area contributed by atoms with E-state index in [-0.39, 0.29) is 11.6 Å². The number of esters is 1. The van der Waals surface area contributed by atoms with E-state index < -0.39 is 5.97 Å². The van der Waals surface area contributed by atoms with Crippen LogP contribution in [0.5, 0.6) is 5.75 Å². The van der Waals surface area contributed by atoms with Gasteiger partial charge < -0.3 is 13.9 Å². The number of rotatable bonds is 3. The number of hydrogen-bond acceptors (Lipinski definition) is 5. The Bertz CT molecular complexity index is 620. The molecule has 0 N–H and O–H groups in total. The maximum atomic E-state index is 11.9. The molecule has 0 spiro atoms. The SMILES string of the molecule is Cc1ocnc1C(=O)OCC1CCOc2ccccc21. The third kappa shape index (κ3) is 2.39. The molecular formula is C15H15NO4. The van der Waals surface area contributed by atoms with Crippen molar-refractivity contribution in [1.82, 2.24) is 4.98 Å². The number of para-hydroxylation sites is 1. The maximum Gasteiger partial charge on any atom is 0.360 e. The quantitative estimate of drug-likeness (QED) is 0.805. The van der Waals surface area contributed by atoms with Crippen LogP contribution in [-0.2, 0) is 4.74 Å². The highest BCUT2D eigenvalue weighted by Crippen LogP contribution is 2.33. The van der Waals surface area contributed by atoms with Crippen molar-refractivity contribution in [3.05, 3.63) is 47.7 Å². The van der Waals surface area contributed by atoms with Gasteiger partial charge in [-0.3, -0.25) is 0 Å². The van der Waals surface area contributed by atoms with Crippen LogP contribution in [0, 0.1) is 6.92 Å². The van der Waals surface area contributed by atoms with E-state index in [9.17, 15) is 4.79 Å². The number of benzene rings is 1. The van der Waals surface area contributed by atoms with Crippen molar-refractivity contribution < 1.29 is 18.7 Å². The van der Waals surface area contributed by atoms with E-state index in [1.54, 1.807) is 6.92 Å². The fourth-order valence-electron chi connectivity index (χ4n) is 2.33. The van der Waals surface area contributed by atoms with E-state index in [1.165, 1.54) is 6.39 Å². The number of aromatic nitrogens is 1. The van der Waals surface area contributed by atoms with Gasteiger partial charge in [-0.2, -0.15) is 0 Å². The Kier molecular flexibility index (Phi) is 3.41. The van der Waals surface area contributed by atoms with Crippen molar-refractivity contribution in [2.75, 3.05) is 13.2 Å². The number of fused-ring (bicyclic) bond motifs is 1. The average Bonchev–Trinajstić information content (AvgIpc) is 2.91. The number of carbonyl (C=O) groups is 1. The number of aryl methyl sites for hydroxylation is 1. The third-order valence-corrected chi connectivity index (χ3v) is 3.44. The molecule has 0 radical (unpaired) electrons. The highest BCUT2D eigenvalue weighted by molar-refractivity contribution is 5.88. The van der Waals surface area contributed by atoms with Gasteiger partial charge in [-0.15, -0.1) is 0 Å². The molecule has 2 aromatic rings. The van der Waals surface area contributed by atoms with Crippen LogP contribution in [-0.4, -0.2) is 24.2 Å². The summed E-state index contributed by atoms with van der Waals surface area (Å²) in [5.41, 5.74) is 1.33. The zero-order valence-corrected chi connectivity index (χ0v) is 11.2. The lowest BCUT2D eigenvalue weighted by Crippen LogP contribution is -2.20. The monoisotopic (exact) mass is 273 g/mol. The summed E-state index contributed by atoms with van der Waals surface area (Å²) in [6, 6.07) is 7.84. The maximum absolute atomic E-state index is 11.9. The molecule has 20 heavy (non-hydrogen) atoms. The molecule has 0 amide bonds. The van der Waals surface area contributed by atoms with Gasteiger partial charge in [-0.25, -0.2) is 9.78 Å². The molecule has 1 atom stereocenters. The van der Waals surface area contributed by atoms with E-state index >= 15 is 0 Å². The number of nitrogens with zero attached hydrogens (tertiary/aromatic N) is 1. The summed E-state index contributed by atoms with van der Waals surface area (Å²) in [6.07, 6.45) is 2.08. The first kappa shape index (κ1) is 12.7. The zero-order valence-electron chi connectivity index (χ0n) is 11.2. The van der Waals surface area contributed by atoms with Crippen molar-refractivity contribution in [3.63, 3.8) is 0 Å². The number of carbonyl (C=O) groups excluding carboxylic acids is 1. The molecule has 5 nitrogen and oxygen atoms in total. The summed E-state index contributed by atoms with van der Waals surface area (Å²) in [5.74, 6) is 1.07. The van der Waals surface area contributed by atoms with E-state index in [2.05, 4.69) is 4.98 Å². The van der Waals surface area contributed by atoms with Crippen LogP contribution in [0.4, 0.5) is 0 Å². The molecule has 1 unspecified atom stereocenters. The fourth-order valence-corrected chi connectivity index (χ4v) is 2.33. The lowest BCUT2D eigenvalue weighted by molar-refractivity contribution is 0.0451. The number of oxazole rings is 1. The van der Waals surface area contributed by atoms with Gasteiger partial charge in [0.25, 0.3) is 0 Å². The van der Waals surface area contributed by atoms with E-state index in [1.807, 2.05) is 24.3 Å². The minimum Gasteiger partial charge on any atom is -0.493 e. The van der Waals surface area contributed by atoms with Crippen LogP contribution >= 0.6 is 0 Å². The average molecular weight is 273 g/mol. The normalized spacial score (nSPS) is 17.1. The molecule has 0 aliphatic carbocycles. The summed E-state index contributed by atoms with van der Waals surface area (Å²) < 4.78 is 15.9. The minimum absolute atomic E-state index is 0.163. The van der Waals surface area contributed by atoms with Gasteiger partial charge in [0.2, 0.25) is 0 Å². The van der Waals surface area contributed by atoms with Crippen LogP contribution in [0.15, 0.2) is 35.1 Å². The Morgan fingerprint density at radius 2 is 2.30 bits per heavy atom. The third-order valence-electron chi connectivity index (χ3n) is 3.44. The standard InChI is InChI=1S/C15H15NO4/c1-10-14(16-9-20-10)15(17)19-8-11-6-7-18-13-5-3-2-4-12(11)13/h2-5,9,11H,6-8H2,1H3. The second-order valence-corrected chi connectivity index (χ2v) is 4.73. The Hall–Kier alpha value is -2.30. The summed E-state index contributed by atoms with van der Waals surface area (Å²) in [7, 11) is 0. The summed E-state index contributed by atoms with van der Waals surface area (Å²) in [6.45, 7) is 2.65. The van der Waals surface area contributed by atoms with E-state index in [0.717, 1.165) is 17.7 Å². The van der Waals surface area contributed by atoms with Gasteiger partial charge in [0.15, 0.2) is 12.1 Å². The number of ether oxygens (including phenoxy) is 2. The first-order chi connectivity index (χ1) is 9.75. The molecule has 1 aromatic heterocycles. The molecule has 0 bridgehead atoms. The van der Waals surface area contributed by atoms with Crippen molar-refractivity contribution in [1.29, 1.82) is 0 Å². The lowest BCUT2D eigenvalue weighted by Gasteiger charge is -2.25. The highest BCUT2D eigenvalue weighted by Gasteiger charge is 2.23. The van der Waals surface area contributed by atoms with Gasteiger partial charge in [0.05, 0.1) is 13.2 Å². The zero-order chi connectivity index (χ0) is 13.9. The van der Waals surface area contributed by atoms with Crippen LogP contribution in [0.1, 0.15) is 34.2 Å². The first-order valence-electron chi connectivity index (χ1n) is 6.54. The molecule has 0 saturated heterocycles. The van der Waals surface area contributed by atoms with E-state index in [0.29, 0.717) is 19.0 Å². The van der Waals surface area contributed by atoms with Gasteiger partial charge >= 0.3 is 5.97 Å². The van der Waals surface area contributed by atoms with Gasteiger partial charge in [-0.05, 0) is 19.4 Å². The molecule has 5 heteroatoms. The summed E-state index contributed by atoms with van der Waals surface area (Å²) >= 11 is 0. The summed E-state index contributed by atoms with van der Waals surface area (Å²) in [5, 5.41) is 0. The van der Waals surface area contributed by atoms with E-state index in [4.69, 9.17) is 13.9 Å². The molecule has 0 saturated carbocycles. The predicted molar refractivity (Wildman–Crippen MR) is 70.8 cm³/mol. The fraction of sp³-hybridized carbons (Fsp3) is 0.333. The minimum atomic E-state index is -0.444. The molecule has 1 aliphatic heterocycles. The molecule has 1 aliphatic rings. The first-order valence-corrected chi connectivity index (χ1v) is 6.54.